The summed E-state index contributed by atoms with van der Waals surface area (Å²) in [5.41, 5.74) is 0.795. The molecule has 0 bridgehead atoms. The first-order chi connectivity index (χ1) is 17.6. The quantitative estimate of drug-likeness (QED) is 0.339. The number of amides is 1. The summed E-state index contributed by atoms with van der Waals surface area (Å²) < 4.78 is 52.2. The summed E-state index contributed by atoms with van der Waals surface area (Å²) in [6.45, 7) is 10.5. The van der Waals surface area contributed by atoms with Crippen LogP contribution in [-0.2, 0) is 20.4 Å². The van der Waals surface area contributed by atoms with Gasteiger partial charge in [0.2, 0.25) is 0 Å². The summed E-state index contributed by atoms with van der Waals surface area (Å²) in [6.07, 6.45) is -4.42. The Morgan fingerprint density at radius 2 is 1.74 bits per heavy atom. The van der Waals surface area contributed by atoms with Crippen LogP contribution in [0.2, 0.25) is 5.02 Å². The van der Waals surface area contributed by atoms with Crippen molar-refractivity contribution in [3.63, 3.8) is 0 Å². The van der Waals surface area contributed by atoms with E-state index < -0.39 is 47.4 Å². The van der Waals surface area contributed by atoms with Crippen molar-refractivity contribution in [3.8, 4) is 0 Å². The molecule has 3 atom stereocenters. The fourth-order valence-corrected chi connectivity index (χ4v) is 5.34. The van der Waals surface area contributed by atoms with Gasteiger partial charge in [-0.1, -0.05) is 40.9 Å². The molecule has 0 saturated carbocycles. The van der Waals surface area contributed by atoms with E-state index in [0.717, 1.165) is 23.3 Å². The van der Waals surface area contributed by atoms with Gasteiger partial charge < -0.3 is 9.47 Å². The number of likely N-dealkylation sites (tertiary alicyclic amines) is 1. The summed E-state index contributed by atoms with van der Waals surface area (Å²) in [6, 6.07) is 8.21. The van der Waals surface area contributed by atoms with Crippen LogP contribution in [0.3, 0.4) is 0 Å². The van der Waals surface area contributed by atoms with Crippen molar-refractivity contribution in [2.45, 2.75) is 90.6 Å². The smallest absolute Gasteiger partial charge is 0.416 e. The molecule has 5 nitrogen and oxygen atoms in total. The number of hydrogen-bond acceptors (Lipinski definition) is 4. The summed E-state index contributed by atoms with van der Waals surface area (Å²) in [5, 5.41) is 0.478. The number of carbonyl (C=O) groups is 2. The van der Waals surface area contributed by atoms with Gasteiger partial charge in [0.25, 0.3) is 0 Å². The van der Waals surface area contributed by atoms with Crippen LogP contribution in [0.4, 0.5) is 18.0 Å². The SMILES string of the molecule is CCOC(=O)CC(c1cc(C)cc(C(F)(F)F)c1)[C@@H]1CC[C@@H](c2cc(C)ccc2Cl)N1C(=O)OC(C)(C)C. The van der Waals surface area contributed by atoms with Crippen molar-refractivity contribution in [1.29, 1.82) is 0 Å². The molecule has 38 heavy (non-hydrogen) atoms. The Morgan fingerprint density at radius 1 is 1.05 bits per heavy atom. The topological polar surface area (TPSA) is 55.8 Å². The number of aryl methyl sites for hydroxylation is 2. The predicted octanol–water partition coefficient (Wildman–Crippen LogP) is 8.15. The highest BCUT2D eigenvalue weighted by Crippen LogP contribution is 2.46. The van der Waals surface area contributed by atoms with E-state index in [1.54, 1.807) is 51.7 Å². The zero-order chi connectivity index (χ0) is 28.4. The Balaban J connectivity index is 2.16. The molecule has 1 aliphatic rings. The van der Waals surface area contributed by atoms with E-state index in [-0.39, 0.29) is 13.0 Å². The van der Waals surface area contributed by atoms with Crippen molar-refractivity contribution < 1.29 is 32.2 Å². The van der Waals surface area contributed by atoms with Crippen LogP contribution in [0.15, 0.2) is 36.4 Å². The molecule has 1 fully saturated rings. The molecule has 2 aromatic carbocycles. The molecule has 0 radical (unpaired) electrons. The minimum atomic E-state index is -4.56. The highest BCUT2D eigenvalue weighted by atomic mass is 35.5. The second-order valence-corrected chi connectivity index (χ2v) is 11.2. The van der Waals surface area contributed by atoms with E-state index in [2.05, 4.69) is 0 Å². The van der Waals surface area contributed by atoms with Gasteiger partial charge in [0.15, 0.2) is 0 Å². The Morgan fingerprint density at radius 3 is 2.34 bits per heavy atom. The first-order valence-corrected chi connectivity index (χ1v) is 13.1. The normalized spacial score (nSPS) is 18.8. The third-order valence-corrected chi connectivity index (χ3v) is 6.90. The fourth-order valence-electron chi connectivity index (χ4n) is 5.10. The maximum absolute atomic E-state index is 13.7. The molecule has 1 heterocycles. The number of alkyl halides is 3. The van der Waals surface area contributed by atoms with E-state index in [1.807, 2.05) is 19.1 Å². The molecule has 0 spiro atoms. The van der Waals surface area contributed by atoms with Gasteiger partial charge in [-0.2, -0.15) is 13.2 Å². The van der Waals surface area contributed by atoms with Crippen molar-refractivity contribution in [2.75, 3.05) is 6.61 Å². The van der Waals surface area contributed by atoms with Crippen LogP contribution in [0.5, 0.6) is 0 Å². The number of nitrogens with zero attached hydrogens (tertiary/aromatic N) is 1. The number of hydrogen-bond donors (Lipinski definition) is 0. The molecule has 3 rings (SSSR count). The average molecular weight is 554 g/mol. The van der Waals surface area contributed by atoms with Crippen molar-refractivity contribution in [3.05, 3.63) is 69.2 Å². The Kier molecular flexibility index (Phi) is 9.07. The highest BCUT2D eigenvalue weighted by molar-refractivity contribution is 6.31. The van der Waals surface area contributed by atoms with Gasteiger partial charge in [0.05, 0.1) is 24.6 Å². The third kappa shape index (κ3) is 7.22. The Labute approximate surface area is 227 Å². The zero-order valence-corrected chi connectivity index (χ0v) is 23.4. The van der Waals surface area contributed by atoms with Crippen LogP contribution < -0.4 is 0 Å². The molecular weight excluding hydrogens is 519 g/mol. The summed E-state index contributed by atoms with van der Waals surface area (Å²) >= 11 is 6.56. The maximum atomic E-state index is 13.7. The van der Waals surface area contributed by atoms with Gasteiger partial charge >= 0.3 is 18.2 Å². The average Bonchev–Trinajstić information content (AvgIpc) is 3.22. The number of halogens is 4. The van der Waals surface area contributed by atoms with Crippen LogP contribution in [0, 0.1) is 13.8 Å². The first-order valence-electron chi connectivity index (χ1n) is 12.7. The number of carbonyl (C=O) groups excluding carboxylic acids is 2. The minimum Gasteiger partial charge on any atom is -0.466 e. The minimum absolute atomic E-state index is 0.134. The van der Waals surface area contributed by atoms with Crippen molar-refractivity contribution in [2.24, 2.45) is 0 Å². The van der Waals surface area contributed by atoms with E-state index in [1.165, 1.54) is 0 Å². The molecule has 0 aromatic heterocycles. The lowest BCUT2D eigenvalue weighted by atomic mass is 9.85. The van der Waals surface area contributed by atoms with Crippen LogP contribution >= 0.6 is 11.6 Å². The monoisotopic (exact) mass is 553 g/mol. The lowest BCUT2D eigenvalue weighted by Crippen LogP contribution is -2.44. The number of benzene rings is 2. The predicted molar refractivity (Wildman–Crippen MR) is 140 cm³/mol. The van der Waals surface area contributed by atoms with E-state index in [4.69, 9.17) is 21.1 Å². The third-order valence-electron chi connectivity index (χ3n) is 6.56. The van der Waals surface area contributed by atoms with Gasteiger partial charge in [-0.3, -0.25) is 9.69 Å². The van der Waals surface area contributed by atoms with Crippen LogP contribution in [0.1, 0.15) is 86.7 Å². The van der Waals surface area contributed by atoms with Crippen molar-refractivity contribution in [1.82, 2.24) is 4.90 Å². The number of rotatable bonds is 6. The molecular formula is C29H35ClF3NO4. The molecule has 1 unspecified atom stereocenters. The van der Waals surface area contributed by atoms with Gasteiger partial charge in [-0.05, 0) is 83.7 Å². The van der Waals surface area contributed by atoms with Gasteiger partial charge in [-0.15, -0.1) is 0 Å². The second-order valence-electron chi connectivity index (χ2n) is 10.8. The summed E-state index contributed by atoms with van der Waals surface area (Å²) in [7, 11) is 0. The Hall–Kier alpha value is -2.74. The summed E-state index contributed by atoms with van der Waals surface area (Å²) in [5.74, 6) is -1.30. The maximum Gasteiger partial charge on any atom is 0.416 e. The lowest BCUT2D eigenvalue weighted by Gasteiger charge is -2.37. The lowest BCUT2D eigenvalue weighted by molar-refractivity contribution is -0.144. The molecule has 1 saturated heterocycles. The molecule has 9 heteroatoms. The van der Waals surface area contributed by atoms with Crippen LogP contribution in [-0.4, -0.2) is 35.2 Å². The molecule has 0 aliphatic carbocycles. The van der Waals surface area contributed by atoms with Crippen LogP contribution in [0.25, 0.3) is 0 Å². The molecule has 1 amide bonds. The number of ether oxygens (including phenoxy) is 2. The molecule has 2 aromatic rings. The fraction of sp³-hybridized carbons (Fsp3) is 0.517. The van der Waals surface area contributed by atoms with Gasteiger partial charge in [-0.25, -0.2) is 4.79 Å². The first kappa shape index (κ1) is 29.8. The zero-order valence-electron chi connectivity index (χ0n) is 22.6. The van der Waals surface area contributed by atoms with E-state index in [9.17, 15) is 22.8 Å². The molecule has 1 aliphatic heterocycles. The summed E-state index contributed by atoms with van der Waals surface area (Å²) in [4.78, 5) is 27.9. The van der Waals surface area contributed by atoms with Crippen molar-refractivity contribution >= 4 is 23.7 Å². The standard InChI is InChI=1S/C29H35ClF3NO4/c1-7-37-26(35)16-21(19-12-18(3)13-20(15-19)29(31,32)33)24-10-11-25(22-14-17(2)8-9-23(22)30)34(24)27(36)38-28(4,5)6/h8-9,12-15,21,24-25H,7,10-11,16H2,1-6H3/t21?,24-,25-/m0/s1. The highest BCUT2D eigenvalue weighted by Gasteiger charge is 2.45. The molecule has 208 valence electrons. The second kappa shape index (κ2) is 11.6. The van der Waals surface area contributed by atoms with Gasteiger partial charge in [0, 0.05) is 17.0 Å². The van der Waals surface area contributed by atoms with E-state index in [0.29, 0.717) is 29.0 Å². The Bertz CT molecular complexity index is 1180. The van der Waals surface area contributed by atoms with Gasteiger partial charge in [0.1, 0.15) is 5.60 Å². The van der Waals surface area contributed by atoms with E-state index >= 15 is 0 Å². The largest absolute Gasteiger partial charge is 0.466 e. The molecule has 0 N–H and O–H groups in total. The number of esters is 1.